The summed E-state index contributed by atoms with van der Waals surface area (Å²) in [5, 5.41) is 2.63. The Morgan fingerprint density at radius 1 is 1.12 bits per heavy atom. The van der Waals surface area contributed by atoms with Crippen LogP contribution in [0.5, 0.6) is 11.5 Å². The molecule has 4 nitrogen and oxygen atoms in total. The molecule has 0 radical (unpaired) electrons. The second-order valence-electron chi connectivity index (χ2n) is 5.34. The number of benzene rings is 2. The molecule has 0 aliphatic heterocycles. The molecule has 0 spiro atoms. The number of carbonyl (C=O) groups is 1. The highest BCUT2D eigenvalue weighted by Crippen LogP contribution is 2.25. The Morgan fingerprint density at radius 3 is 2.52 bits per heavy atom. The Morgan fingerprint density at radius 2 is 1.88 bits per heavy atom. The van der Waals surface area contributed by atoms with E-state index in [0.717, 1.165) is 12.1 Å². The van der Waals surface area contributed by atoms with E-state index in [4.69, 9.17) is 9.47 Å². The van der Waals surface area contributed by atoms with Crippen molar-refractivity contribution < 1.29 is 23.0 Å². The Balaban J connectivity index is 2.08. The maximum absolute atomic E-state index is 13.7. The van der Waals surface area contributed by atoms with Gasteiger partial charge in [-0.2, -0.15) is 0 Å². The standard InChI is InChI=1S/C19H19F2NO3/c1-12(16-8-6-14(20)10-17(16)21)22-19(23)9-5-13-4-7-15(24-2)11-18(13)25-3/h4-12H,1-3H3,(H,22,23)/b9-5+/t12-/m1/s1. The van der Waals surface area contributed by atoms with E-state index >= 15 is 0 Å². The third-order valence-electron chi connectivity index (χ3n) is 3.64. The van der Waals surface area contributed by atoms with Gasteiger partial charge in [0.15, 0.2) is 0 Å². The van der Waals surface area contributed by atoms with E-state index in [2.05, 4.69) is 5.32 Å². The highest BCUT2D eigenvalue weighted by molar-refractivity contribution is 5.92. The molecular formula is C19H19F2NO3. The van der Waals surface area contributed by atoms with E-state index in [1.165, 1.54) is 19.3 Å². The molecule has 0 unspecified atom stereocenters. The number of rotatable bonds is 6. The summed E-state index contributed by atoms with van der Waals surface area (Å²) < 4.78 is 37.0. The molecule has 1 N–H and O–H groups in total. The highest BCUT2D eigenvalue weighted by Gasteiger charge is 2.13. The second kappa shape index (κ2) is 8.28. The van der Waals surface area contributed by atoms with Crippen molar-refractivity contribution in [2.75, 3.05) is 14.2 Å². The summed E-state index contributed by atoms with van der Waals surface area (Å²) in [6.07, 6.45) is 2.91. The van der Waals surface area contributed by atoms with Crippen LogP contribution >= 0.6 is 0 Å². The minimum atomic E-state index is -0.700. The van der Waals surface area contributed by atoms with Crippen molar-refractivity contribution in [3.8, 4) is 11.5 Å². The van der Waals surface area contributed by atoms with Gasteiger partial charge in [-0.25, -0.2) is 8.78 Å². The highest BCUT2D eigenvalue weighted by atomic mass is 19.1. The molecule has 0 aliphatic rings. The van der Waals surface area contributed by atoms with Crippen molar-refractivity contribution in [1.82, 2.24) is 5.32 Å². The van der Waals surface area contributed by atoms with E-state index in [1.54, 1.807) is 38.3 Å². The Hall–Kier alpha value is -2.89. The predicted octanol–water partition coefficient (Wildman–Crippen LogP) is 3.87. The molecule has 0 aromatic heterocycles. The Labute approximate surface area is 145 Å². The molecule has 0 saturated heterocycles. The molecule has 132 valence electrons. The SMILES string of the molecule is COc1ccc(/C=C/C(=O)N[C@H](C)c2ccc(F)cc2F)c(OC)c1. The van der Waals surface area contributed by atoms with Crippen molar-refractivity contribution in [2.45, 2.75) is 13.0 Å². The molecule has 2 aromatic rings. The summed E-state index contributed by atoms with van der Waals surface area (Å²) in [4.78, 5) is 12.0. The summed E-state index contributed by atoms with van der Waals surface area (Å²) in [7, 11) is 3.07. The predicted molar refractivity (Wildman–Crippen MR) is 91.5 cm³/mol. The fourth-order valence-corrected chi connectivity index (χ4v) is 2.31. The number of methoxy groups -OCH3 is 2. The van der Waals surface area contributed by atoms with Gasteiger partial charge in [-0.1, -0.05) is 6.07 Å². The number of ether oxygens (including phenoxy) is 2. The van der Waals surface area contributed by atoms with Crippen LogP contribution in [0.1, 0.15) is 24.1 Å². The average molecular weight is 347 g/mol. The summed E-state index contributed by atoms with van der Waals surface area (Å²) >= 11 is 0. The summed E-state index contributed by atoms with van der Waals surface area (Å²) in [5.74, 6) is -0.575. The molecule has 0 bridgehead atoms. The van der Waals surface area contributed by atoms with Crippen LogP contribution in [0.2, 0.25) is 0 Å². The molecule has 25 heavy (non-hydrogen) atoms. The first-order valence-corrected chi connectivity index (χ1v) is 7.60. The molecular weight excluding hydrogens is 328 g/mol. The average Bonchev–Trinajstić information content (AvgIpc) is 2.59. The Bertz CT molecular complexity index is 790. The molecule has 2 rings (SSSR count). The number of nitrogens with one attached hydrogen (secondary N) is 1. The van der Waals surface area contributed by atoms with Gasteiger partial charge >= 0.3 is 0 Å². The van der Waals surface area contributed by atoms with Gasteiger partial charge in [0.1, 0.15) is 23.1 Å². The van der Waals surface area contributed by atoms with Crippen molar-refractivity contribution in [2.24, 2.45) is 0 Å². The fourth-order valence-electron chi connectivity index (χ4n) is 2.31. The van der Waals surface area contributed by atoms with E-state index in [1.807, 2.05) is 0 Å². The zero-order valence-electron chi connectivity index (χ0n) is 14.2. The molecule has 1 amide bonds. The van der Waals surface area contributed by atoms with E-state index in [-0.39, 0.29) is 5.56 Å². The minimum absolute atomic E-state index is 0.213. The summed E-state index contributed by atoms with van der Waals surface area (Å²) in [5.41, 5.74) is 0.907. The first-order valence-electron chi connectivity index (χ1n) is 7.60. The van der Waals surface area contributed by atoms with Crippen LogP contribution in [0.15, 0.2) is 42.5 Å². The maximum atomic E-state index is 13.7. The lowest BCUT2D eigenvalue weighted by Crippen LogP contribution is -2.25. The van der Waals surface area contributed by atoms with Crippen molar-refractivity contribution in [1.29, 1.82) is 0 Å². The second-order valence-corrected chi connectivity index (χ2v) is 5.34. The van der Waals surface area contributed by atoms with Gasteiger partial charge in [-0.15, -0.1) is 0 Å². The van der Waals surface area contributed by atoms with Crippen LogP contribution in [-0.4, -0.2) is 20.1 Å². The lowest BCUT2D eigenvalue weighted by Gasteiger charge is -2.14. The zero-order valence-corrected chi connectivity index (χ0v) is 14.2. The summed E-state index contributed by atoms with van der Waals surface area (Å²) in [6, 6.07) is 7.85. The fraction of sp³-hybridized carbons (Fsp3) is 0.211. The monoisotopic (exact) mass is 347 g/mol. The molecule has 6 heteroatoms. The molecule has 0 saturated carbocycles. The molecule has 0 heterocycles. The third-order valence-corrected chi connectivity index (χ3v) is 3.64. The quantitative estimate of drug-likeness (QED) is 0.807. The third kappa shape index (κ3) is 4.79. The minimum Gasteiger partial charge on any atom is -0.497 e. The van der Waals surface area contributed by atoms with Gasteiger partial charge < -0.3 is 14.8 Å². The number of hydrogen-bond donors (Lipinski definition) is 1. The zero-order chi connectivity index (χ0) is 18.4. The van der Waals surface area contributed by atoms with Crippen molar-refractivity contribution in [3.63, 3.8) is 0 Å². The van der Waals surface area contributed by atoms with Gasteiger partial charge in [0.25, 0.3) is 0 Å². The maximum Gasteiger partial charge on any atom is 0.244 e. The topological polar surface area (TPSA) is 47.6 Å². The van der Waals surface area contributed by atoms with E-state index in [9.17, 15) is 13.6 Å². The van der Waals surface area contributed by atoms with Gasteiger partial charge in [-0.05, 0) is 31.2 Å². The number of carbonyl (C=O) groups excluding carboxylic acids is 1. The van der Waals surface area contributed by atoms with Gasteiger partial charge in [0.05, 0.1) is 20.3 Å². The lowest BCUT2D eigenvalue weighted by atomic mass is 10.1. The van der Waals surface area contributed by atoms with Crippen LogP contribution in [-0.2, 0) is 4.79 Å². The van der Waals surface area contributed by atoms with Crippen LogP contribution in [0, 0.1) is 11.6 Å². The lowest BCUT2D eigenvalue weighted by molar-refractivity contribution is -0.117. The van der Waals surface area contributed by atoms with Crippen LogP contribution < -0.4 is 14.8 Å². The van der Waals surface area contributed by atoms with Crippen LogP contribution in [0.3, 0.4) is 0 Å². The van der Waals surface area contributed by atoms with Gasteiger partial charge in [0.2, 0.25) is 5.91 Å². The van der Waals surface area contributed by atoms with Crippen molar-refractivity contribution >= 4 is 12.0 Å². The van der Waals surface area contributed by atoms with E-state index in [0.29, 0.717) is 17.1 Å². The van der Waals surface area contributed by atoms with E-state index < -0.39 is 23.6 Å². The first-order chi connectivity index (χ1) is 11.9. The van der Waals surface area contributed by atoms with Crippen LogP contribution in [0.25, 0.3) is 6.08 Å². The number of hydrogen-bond acceptors (Lipinski definition) is 3. The first kappa shape index (κ1) is 18.4. The normalized spacial score (nSPS) is 12.0. The van der Waals surface area contributed by atoms with Crippen molar-refractivity contribution in [3.05, 3.63) is 65.2 Å². The van der Waals surface area contributed by atoms with Crippen LogP contribution in [0.4, 0.5) is 8.78 Å². The molecule has 1 atom stereocenters. The molecule has 2 aromatic carbocycles. The van der Waals surface area contributed by atoms with Gasteiger partial charge in [-0.3, -0.25) is 4.79 Å². The smallest absolute Gasteiger partial charge is 0.244 e. The number of amides is 1. The summed E-state index contributed by atoms with van der Waals surface area (Å²) in [6.45, 7) is 1.62. The van der Waals surface area contributed by atoms with Gasteiger partial charge in [0, 0.05) is 29.3 Å². The molecule has 0 fully saturated rings. The largest absolute Gasteiger partial charge is 0.497 e. The number of halogens is 2. The Kier molecular flexibility index (Phi) is 6.11. The molecule has 0 aliphatic carbocycles.